The first kappa shape index (κ1) is 19.1. The molecule has 0 radical (unpaired) electrons. The smallest absolute Gasteiger partial charge is 0.368 e. The maximum atomic E-state index is 13.3. The molecule has 10 nitrogen and oxygen atoms in total. The molecule has 0 aromatic carbocycles. The van der Waals surface area contributed by atoms with Crippen molar-refractivity contribution in [2.75, 3.05) is 13.1 Å². The van der Waals surface area contributed by atoms with Crippen LogP contribution in [0.25, 0.3) is 0 Å². The van der Waals surface area contributed by atoms with Crippen LogP contribution < -0.4 is 10.6 Å². The van der Waals surface area contributed by atoms with Gasteiger partial charge in [0.25, 0.3) is 0 Å². The normalized spacial score (nSPS) is 28.1. The van der Waals surface area contributed by atoms with Gasteiger partial charge < -0.3 is 20.6 Å². The standard InChI is InChI=1S/C16H21FN4O6/c1-8-6-10-7-20(16(26)21(10)27-13(17)15(24)25)12(8)14(23)18-5-4-9-2-3-11(22)19-9/h6,9-10,12-13H,2-5,7H2,1H3,(H,18,23)(H,19,22)(H,24,25)/t9?,10-,12+,13-/m1/s1. The quantitative estimate of drug-likeness (QED) is 0.509. The summed E-state index contributed by atoms with van der Waals surface area (Å²) in [5.41, 5.74) is 0.586. The highest BCUT2D eigenvalue weighted by Crippen LogP contribution is 2.30. The lowest BCUT2D eigenvalue weighted by Gasteiger charge is -2.29. The van der Waals surface area contributed by atoms with Crippen LogP contribution in [0.1, 0.15) is 26.2 Å². The van der Waals surface area contributed by atoms with Gasteiger partial charge in [0.05, 0.1) is 12.6 Å². The third-order valence-corrected chi connectivity index (χ3v) is 4.84. The summed E-state index contributed by atoms with van der Waals surface area (Å²) >= 11 is 0. The average Bonchev–Trinajstić information content (AvgIpc) is 3.11. The van der Waals surface area contributed by atoms with Crippen LogP contribution in [0, 0.1) is 0 Å². The van der Waals surface area contributed by atoms with E-state index in [1.807, 2.05) is 0 Å². The first-order valence-electron chi connectivity index (χ1n) is 8.66. The maximum Gasteiger partial charge on any atom is 0.368 e. The van der Waals surface area contributed by atoms with Gasteiger partial charge in [0.1, 0.15) is 6.04 Å². The third-order valence-electron chi connectivity index (χ3n) is 4.84. The summed E-state index contributed by atoms with van der Waals surface area (Å²) in [6.45, 7) is 2.10. The highest BCUT2D eigenvalue weighted by atomic mass is 19.1. The molecule has 148 valence electrons. The van der Waals surface area contributed by atoms with Crippen LogP contribution in [0.2, 0.25) is 0 Å². The number of urea groups is 1. The number of amides is 4. The summed E-state index contributed by atoms with van der Waals surface area (Å²) in [5.74, 6) is -2.23. The molecule has 3 rings (SSSR count). The Morgan fingerprint density at radius 2 is 2.22 bits per heavy atom. The van der Waals surface area contributed by atoms with Crippen LogP contribution in [0.15, 0.2) is 11.6 Å². The van der Waals surface area contributed by atoms with E-state index in [-0.39, 0.29) is 18.5 Å². The number of nitrogens with zero attached hydrogens (tertiary/aromatic N) is 2. The monoisotopic (exact) mass is 384 g/mol. The summed E-state index contributed by atoms with van der Waals surface area (Å²) in [6, 6.07) is -2.27. The van der Waals surface area contributed by atoms with Crippen molar-refractivity contribution in [1.29, 1.82) is 0 Å². The number of carboxylic acids is 1. The largest absolute Gasteiger partial charge is 0.477 e. The molecule has 2 bridgehead atoms. The van der Waals surface area contributed by atoms with Gasteiger partial charge in [-0.2, -0.15) is 5.06 Å². The second kappa shape index (κ2) is 7.51. The molecule has 0 spiro atoms. The zero-order chi connectivity index (χ0) is 19.7. The fourth-order valence-corrected chi connectivity index (χ4v) is 3.58. The van der Waals surface area contributed by atoms with E-state index in [0.717, 1.165) is 6.42 Å². The molecule has 0 aromatic heterocycles. The molecule has 2 fully saturated rings. The summed E-state index contributed by atoms with van der Waals surface area (Å²) in [4.78, 5) is 52.6. The minimum atomic E-state index is -2.67. The highest BCUT2D eigenvalue weighted by Gasteiger charge is 2.48. The molecule has 3 aliphatic heterocycles. The zero-order valence-electron chi connectivity index (χ0n) is 14.7. The molecule has 0 aromatic rings. The number of nitrogens with one attached hydrogen (secondary N) is 2. The van der Waals surface area contributed by atoms with Crippen molar-refractivity contribution in [2.24, 2.45) is 0 Å². The molecule has 3 aliphatic rings. The third kappa shape index (κ3) is 3.87. The van der Waals surface area contributed by atoms with Crippen LogP contribution in [-0.2, 0) is 19.2 Å². The van der Waals surface area contributed by atoms with Crippen LogP contribution in [0.3, 0.4) is 0 Å². The Balaban J connectivity index is 1.59. The first-order valence-corrected chi connectivity index (χ1v) is 8.66. The lowest BCUT2D eigenvalue weighted by Crippen LogP contribution is -2.50. The van der Waals surface area contributed by atoms with Crippen molar-refractivity contribution in [3.05, 3.63) is 11.6 Å². The number of hydroxylamine groups is 2. The fraction of sp³-hybridized carbons (Fsp3) is 0.625. The van der Waals surface area contributed by atoms with Gasteiger partial charge in [-0.15, -0.1) is 0 Å². The molecule has 3 N–H and O–H groups in total. The molecule has 2 saturated heterocycles. The van der Waals surface area contributed by atoms with Crippen molar-refractivity contribution in [3.63, 3.8) is 0 Å². The van der Waals surface area contributed by atoms with Gasteiger partial charge in [-0.3, -0.25) is 9.59 Å². The number of carbonyl (C=O) groups is 4. The van der Waals surface area contributed by atoms with Gasteiger partial charge in [0.15, 0.2) is 0 Å². The van der Waals surface area contributed by atoms with Crippen molar-refractivity contribution in [3.8, 4) is 0 Å². The molecule has 0 saturated carbocycles. The zero-order valence-corrected chi connectivity index (χ0v) is 14.7. The van der Waals surface area contributed by atoms with E-state index in [9.17, 15) is 23.6 Å². The second-order valence-electron chi connectivity index (χ2n) is 6.78. The Morgan fingerprint density at radius 3 is 2.85 bits per heavy atom. The first-order chi connectivity index (χ1) is 12.8. The van der Waals surface area contributed by atoms with E-state index >= 15 is 0 Å². The number of rotatable bonds is 7. The topological polar surface area (TPSA) is 128 Å². The lowest BCUT2D eigenvalue weighted by molar-refractivity contribution is -0.219. The number of carbonyl (C=O) groups excluding carboxylic acids is 3. The second-order valence-corrected chi connectivity index (χ2v) is 6.78. The summed E-state index contributed by atoms with van der Waals surface area (Å²) < 4.78 is 13.3. The molecule has 4 atom stereocenters. The molecule has 4 amide bonds. The maximum absolute atomic E-state index is 13.3. The number of aliphatic carboxylic acids is 1. The molecular formula is C16H21FN4O6. The fourth-order valence-electron chi connectivity index (χ4n) is 3.58. The van der Waals surface area contributed by atoms with E-state index in [4.69, 9.17) is 5.11 Å². The molecule has 3 heterocycles. The van der Waals surface area contributed by atoms with E-state index < -0.39 is 36.3 Å². The molecule has 0 aliphatic carbocycles. The van der Waals surface area contributed by atoms with Crippen molar-refractivity contribution in [1.82, 2.24) is 20.6 Å². The summed E-state index contributed by atoms with van der Waals surface area (Å²) in [7, 11) is 0. The van der Waals surface area contributed by atoms with Crippen molar-refractivity contribution in [2.45, 2.75) is 50.7 Å². The van der Waals surface area contributed by atoms with Gasteiger partial charge in [-0.25, -0.2) is 18.8 Å². The molecular weight excluding hydrogens is 363 g/mol. The van der Waals surface area contributed by atoms with Gasteiger partial charge in [0, 0.05) is 19.0 Å². The van der Waals surface area contributed by atoms with Crippen LogP contribution in [-0.4, -0.2) is 76.5 Å². The number of carboxylic acid groups (broad SMARTS) is 1. The van der Waals surface area contributed by atoms with Crippen molar-refractivity contribution < 1.29 is 33.5 Å². The number of hydrogen-bond acceptors (Lipinski definition) is 5. The van der Waals surface area contributed by atoms with E-state index in [0.29, 0.717) is 30.0 Å². The van der Waals surface area contributed by atoms with E-state index in [1.54, 1.807) is 13.0 Å². The minimum absolute atomic E-state index is 0.00119. The van der Waals surface area contributed by atoms with Gasteiger partial charge in [-0.05, 0) is 25.3 Å². The van der Waals surface area contributed by atoms with Gasteiger partial charge in [-0.1, -0.05) is 6.08 Å². The molecule has 1 unspecified atom stereocenters. The van der Waals surface area contributed by atoms with E-state index in [2.05, 4.69) is 15.5 Å². The Bertz CT molecular complexity index is 698. The Hall–Kier alpha value is -2.69. The van der Waals surface area contributed by atoms with Crippen molar-refractivity contribution >= 4 is 23.8 Å². The lowest BCUT2D eigenvalue weighted by atomic mass is 10.00. The molecule has 27 heavy (non-hydrogen) atoms. The predicted molar refractivity (Wildman–Crippen MR) is 87.7 cm³/mol. The Kier molecular flexibility index (Phi) is 5.31. The minimum Gasteiger partial charge on any atom is -0.477 e. The number of hydrogen-bond donors (Lipinski definition) is 3. The number of alkyl halides is 1. The highest BCUT2D eigenvalue weighted by molar-refractivity contribution is 5.91. The number of fused-ring (bicyclic) bond motifs is 2. The van der Waals surface area contributed by atoms with Crippen LogP contribution in [0.4, 0.5) is 9.18 Å². The van der Waals surface area contributed by atoms with Gasteiger partial charge >= 0.3 is 18.4 Å². The average molecular weight is 384 g/mol. The van der Waals surface area contributed by atoms with Gasteiger partial charge in [0.2, 0.25) is 11.8 Å². The SMILES string of the molecule is CC1=C[C@@H]2CN(C(=O)N2O[C@@H](F)C(=O)O)[C@@H]1C(=O)NCCC1CCC(=O)N1. The molecule has 11 heteroatoms. The van der Waals surface area contributed by atoms with E-state index in [1.165, 1.54) is 4.90 Å². The van der Waals surface area contributed by atoms with Crippen LogP contribution in [0.5, 0.6) is 0 Å². The van der Waals surface area contributed by atoms with Crippen LogP contribution >= 0.6 is 0 Å². The Labute approximate surface area is 154 Å². The Morgan fingerprint density at radius 1 is 1.48 bits per heavy atom. The summed E-state index contributed by atoms with van der Waals surface area (Å²) in [6.07, 6.45) is 0.716. The summed E-state index contributed by atoms with van der Waals surface area (Å²) in [5, 5.41) is 14.8. The number of halogens is 1. The predicted octanol–water partition coefficient (Wildman–Crippen LogP) is -0.482.